The monoisotopic (exact) mass is 407 g/mol. The quantitative estimate of drug-likeness (QED) is 0.644. The van der Waals surface area contributed by atoms with Crippen molar-refractivity contribution in [1.29, 1.82) is 5.26 Å². The van der Waals surface area contributed by atoms with Crippen molar-refractivity contribution in [3.63, 3.8) is 0 Å². The van der Waals surface area contributed by atoms with E-state index in [9.17, 15) is 18.0 Å². The number of sulfonamides is 1. The first-order valence-electron chi connectivity index (χ1n) is 7.85. The van der Waals surface area contributed by atoms with E-state index in [2.05, 4.69) is 10.0 Å². The van der Waals surface area contributed by atoms with Crippen LogP contribution in [-0.2, 0) is 24.3 Å². The van der Waals surface area contributed by atoms with E-state index in [1.807, 2.05) is 6.07 Å². The number of amides is 1. The van der Waals surface area contributed by atoms with Crippen LogP contribution >= 0.6 is 11.3 Å². The fourth-order valence-corrected chi connectivity index (χ4v) is 4.03. The van der Waals surface area contributed by atoms with Gasteiger partial charge in [-0.1, -0.05) is 6.07 Å². The molecule has 0 aliphatic rings. The number of hydrogen-bond donors (Lipinski definition) is 2. The van der Waals surface area contributed by atoms with Crippen LogP contribution in [-0.4, -0.2) is 32.9 Å². The normalized spacial score (nSPS) is 12.0. The second-order valence-electron chi connectivity index (χ2n) is 5.39. The lowest BCUT2D eigenvalue weighted by Gasteiger charge is -2.13. The highest BCUT2D eigenvalue weighted by Gasteiger charge is 2.19. The van der Waals surface area contributed by atoms with E-state index in [1.165, 1.54) is 13.0 Å². The second kappa shape index (κ2) is 9.27. The van der Waals surface area contributed by atoms with Gasteiger partial charge in [0.1, 0.15) is 4.21 Å². The Hall–Kier alpha value is -2.74. The lowest BCUT2D eigenvalue weighted by molar-refractivity contribution is -0.152. The molecule has 27 heavy (non-hydrogen) atoms. The lowest BCUT2D eigenvalue weighted by atomic mass is 10.2. The molecular formula is C17H17N3O5S2. The smallest absolute Gasteiger partial charge is 0.307 e. The minimum absolute atomic E-state index is 0.136. The number of hydrogen-bond acceptors (Lipinski definition) is 7. The average Bonchev–Trinajstić information content (AvgIpc) is 3.17. The first kappa shape index (κ1) is 20.6. The van der Waals surface area contributed by atoms with Crippen molar-refractivity contribution in [3.8, 4) is 6.07 Å². The zero-order valence-corrected chi connectivity index (χ0v) is 16.0. The molecule has 1 heterocycles. The van der Waals surface area contributed by atoms with Gasteiger partial charge in [0.05, 0.1) is 18.1 Å². The minimum atomic E-state index is -3.65. The van der Waals surface area contributed by atoms with Gasteiger partial charge >= 0.3 is 5.97 Å². The van der Waals surface area contributed by atoms with Gasteiger partial charge in [0.15, 0.2) is 6.10 Å². The molecule has 0 bridgehead atoms. The maximum atomic E-state index is 12.0. The summed E-state index contributed by atoms with van der Waals surface area (Å²) in [7, 11) is -3.65. The van der Waals surface area contributed by atoms with E-state index in [4.69, 9.17) is 10.00 Å². The molecule has 0 radical (unpaired) electrons. The molecule has 0 aliphatic heterocycles. The SMILES string of the molecule is CC(OC(=O)CCNS(=O)(=O)c1cccs1)C(=O)Nc1ccc(C#N)cc1. The predicted octanol–water partition coefficient (Wildman–Crippen LogP) is 1.86. The molecule has 0 aliphatic carbocycles. The van der Waals surface area contributed by atoms with Gasteiger partial charge in [-0.3, -0.25) is 9.59 Å². The van der Waals surface area contributed by atoms with Crippen LogP contribution in [0.4, 0.5) is 5.69 Å². The fraction of sp³-hybridized carbons (Fsp3) is 0.235. The van der Waals surface area contributed by atoms with Gasteiger partial charge in [-0.15, -0.1) is 11.3 Å². The van der Waals surface area contributed by atoms with Crippen molar-refractivity contribution in [1.82, 2.24) is 4.72 Å². The summed E-state index contributed by atoms with van der Waals surface area (Å²) < 4.78 is 31.3. The number of esters is 1. The molecule has 0 saturated heterocycles. The molecule has 0 fully saturated rings. The number of carbonyl (C=O) groups is 2. The summed E-state index contributed by atoms with van der Waals surface area (Å²) in [6.45, 7) is 1.27. The highest BCUT2D eigenvalue weighted by molar-refractivity contribution is 7.91. The zero-order valence-electron chi connectivity index (χ0n) is 14.3. The molecule has 2 aromatic rings. The molecule has 1 atom stereocenters. The van der Waals surface area contributed by atoms with E-state index in [0.717, 1.165) is 11.3 Å². The Balaban J connectivity index is 1.77. The van der Waals surface area contributed by atoms with Crippen LogP contribution in [0.3, 0.4) is 0 Å². The highest BCUT2D eigenvalue weighted by Crippen LogP contribution is 2.15. The number of ether oxygens (including phenoxy) is 1. The topological polar surface area (TPSA) is 125 Å². The van der Waals surface area contributed by atoms with Crippen molar-refractivity contribution in [2.45, 2.75) is 23.7 Å². The van der Waals surface area contributed by atoms with E-state index < -0.39 is 28.0 Å². The van der Waals surface area contributed by atoms with Crippen LogP contribution in [0.1, 0.15) is 18.9 Å². The first-order chi connectivity index (χ1) is 12.8. The average molecular weight is 407 g/mol. The second-order valence-corrected chi connectivity index (χ2v) is 8.33. The standard InChI is InChI=1S/C17H17N3O5S2/c1-12(17(22)20-14-6-4-13(11-18)5-7-14)25-15(21)8-9-19-27(23,24)16-3-2-10-26-16/h2-7,10,12,19H,8-9H2,1H3,(H,20,22). The summed E-state index contributed by atoms with van der Waals surface area (Å²) in [4.78, 5) is 23.8. The summed E-state index contributed by atoms with van der Waals surface area (Å²) in [5.74, 6) is -1.24. The van der Waals surface area contributed by atoms with Gasteiger partial charge in [0.2, 0.25) is 10.0 Å². The third-order valence-corrected chi connectivity index (χ3v) is 6.20. The van der Waals surface area contributed by atoms with Crippen molar-refractivity contribution in [2.75, 3.05) is 11.9 Å². The zero-order chi connectivity index (χ0) is 19.9. The Bertz CT molecular complexity index is 932. The van der Waals surface area contributed by atoms with Gasteiger partial charge in [-0.2, -0.15) is 5.26 Å². The minimum Gasteiger partial charge on any atom is -0.452 e. The lowest BCUT2D eigenvalue weighted by Crippen LogP contribution is -2.32. The van der Waals surface area contributed by atoms with Crippen LogP contribution in [0.25, 0.3) is 0 Å². The number of thiophene rings is 1. The van der Waals surface area contributed by atoms with Crippen LogP contribution in [0.15, 0.2) is 46.0 Å². The Morgan fingerprint density at radius 2 is 1.96 bits per heavy atom. The van der Waals surface area contributed by atoms with Gasteiger partial charge in [0, 0.05) is 12.2 Å². The van der Waals surface area contributed by atoms with E-state index in [0.29, 0.717) is 11.3 Å². The Morgan fingerprint density at radius 3 is 2.56 bits per heavy atom. The van der Waals surface area contributed by atoms with Gasteiger partial charge < -0.3 is 10.1 Å². The third kappa shape index (κ3) is 6.18. The van der Waals surface area contributed by atoms with Crippen LogP contribution < -0.4 is 10.0 Å². The summed E-state index contributed by atoms with van der Waals surface area (Å²) in [5, 5.41) is 12.9. The molecular weight excluding hydrogens is 390 g/mol. The first-order valence-corrected chi connectivity index (χ1v) is 10.2. The Morgan fingerprint density at radius 1 is 1.26 bits per heavy atom. The molecule has 2 rings (SSSR count). The number of nitrogens with zero attached hydrogens (tertiary/aromatic N) is 1. The molecule has 1 aromatic carbocycles. The van der Waals surface area contributed by atoms with E-state index in [-0.39, 0.29) is 17.2 Å². The molecule has 2 N–H and O–H groups in total. The molecule has 8 nitrogen and oxygen atoms in total. The van der Waals surface area contributed by atoms with Crippen molar-refractivity contribution >= 4 is 38.9 Å². The number of benzene rings is 1. The maximum Gasteiger partial charge on any atom is 0.307 e. The van der Waals surface area contributed by atoms with Crippen molar-refractivity contribution in [3.05, 3.63) is 47.3 Å². The summed E-state index contributed by atoms with van der Waals surface area (Å²) in [6, 6.07) is 11.3. The number of anilines is 1. The summed E-state index contributed by atoms with van der Waals surface area (Å²) >= 11 is 1.07. The molecule has 10 heteroatoms. The molecule has 1 unspecified atom stereocenters. The molecule has 1 aromatic heterocycles. The van der Waals surface area contributed by atoms with E-state index >= 15 is 0 Å². The van der Waals surface area contributed by atoms with Gasteiger partial charge in [-0.05, 0) is 42.6 Å². The third-order valence-electron chi connectivity index (χ3n) is 3.34. The maximum absolute atomic E-state index is 12.0. The van der Waals surface area contributed by atoms with Crippen molar-refractivity contribution < 1.29 is 22.7 Å². The summed E-state index contributed by atoms with van der Waals surface area (Å²) in [5.41, 5.74) is 0.920. The molecule has 0 spiro atoms. The van der Waals surface area contributed by atoms with E-state index in [1.54, 1.807) is 35.7 Å². The van der Waals surface area contributed by atoms with Crippen LogP contribution in [0, 0.1) is 11.3 Å². The van der Waals surface area contributed by atoms with Crippen LogP contribution in [0.2, 0.25) is 0 Å². The molecule has 1 amide bonds. The fourth-order valence-electron chi connectivity index (χ4n) is 1.96. The number of rotatable bonds is 8. The summed E-state index contributed by atoms with van der Waals surface area (Å²) in [6.07, 6.45) is -1.26. The predicted molar refractivity (Wildman–Crippen MR) is 99.5 cm³/mol. The number of carbonyl (C=O) groups excluding carboxylic acids is 2. The Kier molecular flexibility index (Phi) is 7.06. The molecule has 142 valence electrons. The highest BCUT2D eigenvalue weighted by atomic mass is 32.2. The number of nitriles is 1. The van der Waals surface area contributed by atoms with Gasteiger partial charge in [0.25, 0.3) is 5.91 Å². The number of nitrogens with one attached hydrogen (secondary N) is 2. The Labute approximate surface area is 160 Å². The molecule has 0 saturated carbocycles. The largest absolute Gasteiger partial charge is 0.452 e. The van der Waals surface area contributed by atoms with Gasteiger partial charge in [-0.25, -0.2) is 13.1 Å². The van der Waals surface area contributed by atoms with Crippen LogP contribution in [0.5, 0.6) is 0 Å². The van der Waals surface area contributed by atoms with Crippen molar-refractivity contribution in [2.24, 2.45) is 0 Å².